The SMILES string of the molecule is NNC(c1occc1Br)c1c(Cl)cccc1Cl. The lowest BCUT2D eigenvalue weighted by Crippen LogP contribution is -2.29. The van der Waals surface area contributed by atoms with Gasteiger partial charge in [-0.2, -0.15) is 0 Å². The number of benzene rings is 1. The summed E-state index contributed by atoms with van der Waals surface area (Å²) in [7, 11) is 0. The van der Waals surface area contributed by atoms with Crippen molar-refractivity contribution in [3.8, 4) is 0 Å². The maximum Gasteiger partial charge on any atom is 0.140 e. The van der Waals surface area contributed by atoms with E-state index >= 15 is 0 Å². The van der Waals surface area contributed by atoms with Crippen LogP contribution in [0.3, 0.4) is 0 Å². The van der Waals surface area contributed by atoms with Crippen LogP contribution in [0.25, 0.3) is 0 Å². The number of nitrogens with one attached hydrogen (secondary N) is 1. The van der Waals surface area contributed by atoms with Crippen LogP contribution in [0.2, 0.25) is 10.0 Å². The lowest BCUT2D eigenvalue weighted by molar-refractivity contribution is 0.450. The van der Waals surface area contributed by atoms with Crippen LogP contribution in [-0.4, -0.2) is 0 Å². The number of hydrogen-bond acceptors (Lipinski definition) is 3. The van der Waals surface area contributed by atoms with Crippen molar-refractivity contribution in [2.75, 3.05) is 0 Å². The molecule has 0 saturated carbocycles. The zero-order valence-electron chi connectivity index (χ0n) is 8.58. The second kappa shape index (κ2) is 5.42. The highest BCUT2D eigenvalue weighted by atomic mass is 79.9. The van der Waals surface area contributed by atoms with Gasteiger partial charge in [-0.05, 0) is 34.1 Å². The van der Waals surface area contributed by atoms with Gasteiger partial charge in [0.2, 0.25) is 0 Å². The molecule has 0 aliphatic rings. The molecule has 0 fully saturated rings. The Morgan fingerprint density at radius 1 is 1.24 bits per heavy atom. The van der Waals surface area contributed by atoms with E-state index in [-0.39, 0.29) is 0 Å². The fourth-order valence-electron chi connectivity index (χ4n) is 1.59. The summed E-state index contributed by atoms with van der Waals surface area (Å²) in [6, 6.07) is 6.66. The van der Waals surface area contributed by atoms with Crippen LogP contribution >= 0.6 is 39.1 Å². The quantitative estimate of drug-likeness (QED) is 0.660. The largest absolute Gasteiger partial charge is 0.466 e. The number of hydrogen-bond donors (Lipinski definition) is 2. The average Bonchev–Trinajstić information content (AvgIpc) is 2.70. The predicted octanol–water partition coefficient (Wildman–Crippen LogP) is 3.90. The molecule has 3 N–H and O–H groups in total. The molecular weight excluding hydrogens is 327 g/mol. The molecule has 3 nitrogen and oxygen atoms in total. The van der Waals surface area contributed by atoms with Gasteiger partial charge in [-0.3, -0.25) is 5.84 Å². The van der Waals surface area contributed by atoms with Crippen molar-refractivity contribution in [3.63, 3.8) is 0 Å². The summed E-state index contributed by atoms with van der Waals surface area (Å²) >= 11 is 15.6. The van der Waals surface area contributed by atoms with Crippen LogP contribution in [0.15, 0.2) is 39.4 Å². The monoisotopic (exact) mass is 334 g/mol. The smallest absolute Gasteiger partial charge is 0.140 e. The Hall–Kier alpha value is -0.520. The van der Waals surface area contributed by atoms with Crippen LogP contribution in [0, 0.1) is 0 Å². The lowest BCUT2D eigenvalue weighted by Gasteiger charge is -2.17. The third kappa shape index (κ3) is 2.51. The zero-order chi connectivity index (χ0) is 12.4. The van der Waals surface area contributed by atoms with E-state index in [2.05, 4.69) is 21.4 Å². The minimum Gasteiger partial charge on any atom is -0.466 e. The van der Waals surface area contributed by atoms with E-state index in [1.165, 1.54) is 0 Å². The van der Waals surface area contributed by atoms with Gasteiger partial charge < -0.3 is 4.42 Å². The third-order valence-electron chi connectivity index (χ3n) is 2.36. The molecule has 2 rings (SSSR count). The minimum absolute atomic E-state index is 0.402. The molecular formula is C11H9BrCl2N2O. The first-order valence-electron chi connectivity index (χ1n) is 4.78. The molecule has 1 aromatic heterocycles. The highest BCUT2D eigenvalue weighted by Gasteiger charge is 2.23. The Balaban J connectivity index is 2.53. The van der Waals surface area contributed by atoms with Gasteiger partial charge in [0.1, 0.15) is 11.8 Å². The van der Waals surface area contributed by atoms with Gasteiger partial charge in [-0.1, -0.05) is 29.3 Å². The van der Waals surface area contributed by atoms with Crippen LogP contribution in [0.4, 0.5) is 0 Å². The van der Waals surface area contributed by atoms with E-state index < -0.39 is 6.04 Å². The van der Waals surface area contributed by atoms with Gasteiger partial charge in [0.15, 0.2) is 0 Å². The van der Waals surface area contributed by atoms with Crippen LogP contribution in [-0.2, 0) is 0 Å². The predicted molar refractivity (Wildman–Crippen MR) is 72.0 cm³/mol. The fourth-order valence-corrected chi connectivity index (χ4v) is 2.63. The molecule has 1 aromatic carbocycles. The van der Waals surface area contributed by atoms with Gasteiger partial charge in [0.05, 0.1) is 10.7 Å². The summed E-state index contributed by atoms with van der Waals surface area (Å²) in [4.78, 5) is 0. The molecule has 0 aliphatic heterocycles. The van der Waals surface area contributed by atoms with Crippen molar-refractivity contribution in [2.24, 2.45) is 5.84 Å². The van der Waals surface area contributed by atoms with Crippen molar-refractivity contribution in [2.45, 2.75) is 6.04 Å². The van der Waals surface area contributed by atoms with E-state index in [9.17, 15) is 0 Å². The fraction of sp³-hybridized carbons (Fsp3) is 0.0909. The van der Waals surface area contributed by atoms with E-state index in [1.807, 2.05) is 0 Å². The van der Waals surface area contributed by atoms with Gasteiger partial charge in [0.25, 0.3) is 0 Å². The highest BCUT2D eigenvalue weighted by Crippen LogP contribution is 2.36. The van der Waals surface area contributed by atoms with Gasteiger partial charge in [0, 0.05) is 15.6 Å². The van der Waals surface area contributed by atoms with E-state index in [1.54, 1.807) is 30.5 Å². The molecule has 17 heavy (non-hydrogen) atoms. The zero-order valence-corrected chi connectivity index (χ0v) is 11.7. The second-order valence-electron chi connectivity index (χ2n) is 3.37. The topological polar surface area (TPSA) is 51.2 Å². The van der Waals surface area contributed by atoms with E-state index in [4.69, 9.17) is 33.5 Å². The number of hydrazine groups is 1. The summed E-state index contributed by atoms with van der Waals surface area (Å²) in [6.45, 7) is 0. The molecule has 0 radical (unpaired) electrons. The molecule has 90 valence electrons. The molecule has 0 aliphatic carbocycles. The molecule has 0 saturated heterocycles. The Morgan fingerprint density at radius 3 is 2.35 bits per heavy atom. The molecule has 2 aromatic rings. The van der Waals surface area contributed by atoms with Crippen molar-refractivity contribution < 1.29 is 4.42 Å². The van der Waals surface area contributed by atoms with Crippen molar-refractivity contribution in [3.05, 3.63) is 56.4 Å². The van der Waals surface area contributed by atoms with Gasteiger partial charge >= 0.3 is 0 Å². The Bertz CT molecular complexity index is 510. The molecule has 0 bridgehead atoms. The van der Waals surface area contributed by atoms with Crippen molar-refractivity contribution in [1.82, 2.24) is 5.43 Å². The van der Waals surface area contributed by atoms with Crippen molar-refractivity contribution in [1.29, 1.82) is 0 Å². The standard InChI is InChI=1S/C11H9BrCl2N2O/c12-6-4-5-17-11(6)10(16-15)9-7(13)2-1-3-8(9)14/h1-5,10,16H,15H2. The van der Waals surface area contributed by atoms with Crippen LogP contribution in [0.1, 0.15) is 17.4 Å². The Morgan fingerprint density at radius 2 is 1.88 bits per heavy atom. The molecule has 0 amide bonds. The maximum atomic E-state index is 6.14. The first-order chi connectivity index (χ1) is 8.15. The molecule has 1 atom stereocenters. The maximum absolute atomic E-state index is 6.14. The van der Waals surface area contributed by atoms with Crippen LogP contribution < -0.4 is 11.3 Å². The van der Waals surface area contributed by atoms with E-state index in [0.717, 1.165) is 4.47 Å². The lowest BCUT2D eigenvalue weighted by atomic mass is 10.1. The van der Waals surface area contributed by atoms with Crippen molar-refractivity contribution >= 4 is 39.1 Å². The number of halogens is 3. The Labute approximate surface area is 117 Å². The van der Waals surface area contributed by atoms with E-state index in [0.29, 0.717) is 21.4 Å². The normalized spacial score (nSPS) is 12.7. The molecule has 1 unspecified atom stereocenters. The summed E-state index contributed by atoms with van der Waals surface area (Å²) in [6.07, 6.45) is 1.56. The first-order valence-corrected chi connectivity index (χ1v) is 6.33. The Kier molecular flexibility index (Phi) is 4.12. The number of furan rings is 1. The molecule has 6 heteroatoms. The molecule has 0 spiro atoms. The second-order valence-corrected chi connectivity index (χ2v) is 5.04. The first kappa shape index (κ1) is 12.9. The highest BCUT2D eigenvalue weighted by molar-refractivity contribution is 9.10. The summed E-state index contributed by atoms with van der Waals surface area (Å²) in [5, 5.41) is 1.06. The average molecular weight is 336 g/mol. The third-order valence-corrected chi connectivity index (χ3v) is 3.68. The summed E-state index contributed by atoms with van der Waals surface area (Å²) in [5.41, 5.74) is 3.34. The van der Waals surface area contributed by atoms with Crippen LogP contribution in [0.5, 0.6) is 0 Å². The molecule has 1 heterocycles. The number of nitrogens with two attached hydrogens (primary N) is 1. The summed E-state index contributed by atoms with van der Waals surface area (Å²) < 4.78 is 6.18. The van der Waals surface area contributed by atoms with Gasteiger partial charge in [-0.25, -0.2) is 5.43 Å². The number of rotatable bonds is 3. The van der Waals surface area contributed by atoms with Gasteiger partial charge in [-0.15, -0.1) is 0 Å². The summed E-state index contributed by atoms with van der Waals surface area (Å²) in [5.74, 6) is 6.18. The minimum atomic E-state index is -0.402.